The third kappa shape index (κ3) is 3.22. The zero-order valence-corrected chi connectivity index (χ0v) is 12.1. The molecule has 0 atom stereocenters. The van der Waals surface area contributed by atoms with Gasteiger partial charge in [0.15, 0.2) is 0 Å². The van der Waals surface area contributed by atoms with Crippen LogP contribution < -0.4 is 4.74 Å². The monoisotopic (exact) mass is 307 g/mol. The Morgan fingerprint density at radius 3 is 2.27 bits per heavy atom. The number of hydrogen-bond donors (Lipinski definition) is 0. The average Bonchev–Trinajstić information content (AvgIpc) is 2.41. The number of rotatable bonds is 3. The summed E-state index contributed by atoms with van der Waals surface area (Å²) in [5.74, 6) is -2.83. The lowest BCUT2D eigenvalue weighted by atomic mass is 10.1. The van der Waals surface area contributed by atoms with Crippen molar-refractivity contribution < 1.29 is 28.7 Å². The summed E-state index contributed by atoms with van der Waals surface area (Å²) in [6, 6.07) is 3.87. The Labute approximate surface area is 125 Å². The quantitative estimate of drug-likeness (QED) is 0.276. The van der Waals surface area contributed by atoms with Crippen LogP contribution in [0, 0.1) is 10.1 Å². The highest BCUT2D eigenvalue weighted by Crippen LogP contribution is 2.27. The summed E-state index contributed by atoms with van der Waals surface area (Å²) in [5, 5.41) is 10.9. The Morgan fingerprint density at radius 2 is 1.77 bits per heavy atom. The van der Waals surface area contributed by atoms with E-state index in [9.17, 15) is 19.7 Å². The van der Waals surface area contributed by atoms with Crippen molar-refractivity contribution in [1.29, 1.82) is 0 Å². The van der Waals surface area contributed by atoms with Crippen LogP contribution in [-0.2, 0) is 19.1 Å². The van der Waals surface area contributed by atoms with Gasteiger partial charge in [-0.3, -0.25) is 10.1 Å². The minimum Gasteiger partial charge on any atom is -0.496 e. The molecule has 0 unspecified atom stereocenters. The number of nitro benzene ring substituents is 1. The molecule has 0 bridgehead atoms. The van der Waals surface area contributed by atoms with Crippen LogP contribution in [0.5, 0.6) is 5.75 Å². The molecule has 2 rings (SSSR count). The molecular formula is C14H13NO7. The highest BCUT2D eigenvalue weighted by Gasteiger charge is 2.38. The van der Waals surface area contributed by atoms with Crippen molar-refractivity contribution >= 4 is 23.7 Å². The van der Waals surface area contributed by atoms with Crippen molar-refractivity contribution in [3.63, 3.8) is 0 Å². The SMILES string of the molecule is COc1cc(C=C2C(=O)OC(C)(C)OC2=O)cc([N+](=O)[O-])c1. The molecule has 1 aliphatic heterocycles. The van der Waals surface area contributed by atoms with Gasteiger partial charge in [-0.05, 0) is 17.7 Å². The Kier molecular flexibility index (Phi) is 3.85. The number of nitro groups is 1. The van der Waals surface area contributed by atoms with Crippen LogP contribution in [0.2, 0.25) is 0 Å². The summed E-state index contributed by atoms with van der Waals surface area (Å²) in [6.45, 7) is 2.85. The topological polar surface area (TPSA) is 105 Å². The van der Waals surface area contributed by atoms with Crippen LogP contribution in [0.25, 0.3) is 6.08 Å². The highest BCUT2D eigenvalue weighted by atomic mass is 16.7. The molecule has 8 nitrogen and oxygen atoms in total. The van der Waals surface area contributed by atoms with Crippen LogP contribution in [-0.4, -0.2) is 29.8 Å². The number of esters is 2. The Hall–Kier alpha value is -2.90. The predicted molar refractivity (Wildman–Crippen MR) is 73.9 cm³/mol. The fraction of sp³-hybridized carbons (Fsp3) is 0.286. The number of non-ortho nitro benzene ring substituents is 1. The maximum absolute atomic E-state index is 11.8. The first-order valence-corrected chi connectivity index (χ1v) is 6.24. The minimum absolute atomic E-state index is 0.221. The van der Waals surface area contributed by atoms with Crippen molar-refractivity contribution in [1.82, 2.24) is 0 Å². The van der Waals surface area contributed by atoms with Crippen LogP contribution in [0.4, 0.5) is 5.69 Å². The molecule has 0 radical (unpaired) electrons. The molecule has 22 heavy (non-hydrogen) atoms. The summed E-state index contributed by atoms with van der Waals surface area (Å²) in [7, 11) is 1.35. The fourth-order valence-corrected chi connectivity index (χ4v) is 1.86. The first-order valence-electron chi connectivity index (χ1n) is 6.24. The first kappa shape index (κ1) is 15.5. The molecule has 0 aliphatic carbocycles. The van der Waals surface area contributed by atoms with Crippen molar-refractivity contribution in [3.8, 4) is 5.75 Å². The summed E-state index contributed by atoms with van der Waals surface area (Å²) in [4.78, 5) is 34.0. The number of ether oxygens (including phenoxy) is 3. The van der Waals surface area contributed by atoms with E-state index in [1.54, 1.807) is 0 Å². The number of benzene rings is 1. The zero-order valence-electron chi connectivity index (χ0n) is 12.1. The third-order valence-electron chi connectivity index (χ3n) is 2.79. The third-order valence-corrected chi connectivity index (χ3v) is 2.79. The maximum Gasteiger partial charge on any atom is 0.348 e. The molecule has 0 saturated carbocycles. The molecule has 1 saturated heterocycles. The van der Waals surface area contributed by atoms with Crippen molar-refractivity contribution in [2.45, 2.75) is 19.6 Å². The van der Waals surface area contributed by atoms with E-state index in [2.05, 4.69) is 0 Å². The molecule has 1 aliphatic rings. The van der Waals surface area contributed by atoms with Gasteiger partial charge in [0.25, 0.3) is 11.5 Å². The van der Waals surface area contributed by atoms with Crippen molar-refractivity contribution in [2.75, 3.05) is 7.11 Å². The second-order valence-corrected chi connectivity index (χ2v) is 4.96. The van der Waals surface area contributed by atoms with Crippen molar-refractivity contribution in [2.24, 2.45) is 0 Å². The van der Waals surface area contributed by atoms with E-state index in [0.29, 0.717) is 0 Å². The molecule has 8 heteroatoms. The van der Waals surface area contributed by atoms with Gasteiger partial charge in [-0.1, -0.05) is 0 Å². The molecule has 0 aromatic heterocycles. The van der Waals surface area contributed by atoms with E-state index in [1.165, 1.54) is 39.2 Å². The van der Waals surface area contributed by atoms with E-state index < -0.39 is 22.6 Å². The van der Waals surface area contributed by atoms with Gasteiger partial charge in [0.1, 0.15) is 11.3 Å². The van der Waals surface area contributed by atoms with E-state index in [4.69, 9.17) is 14.2 Å². The number of nitrogens with zero attached hydrogens (tertiary/aromatic N) is 1. The molecule has 1 heterocycles. The standard InChI is InChI=1S/C14H13NO7/c1-14(2)21-12(16)11(13(17)22-14)6-8-4-9(15(18)19)7-10(5-8)20-3/h4-7H,1-3H3. The van der Waals surface area contributed by atoms with Crippen LogP contribution in [0.1, 0.15) is 19.4 Å². The summed E-state index contributed by atoms with van der Waals surface area (Å²) in [5.41, 5.74) is -0.333. The number of cyclic esters (lactones) is 2. The molecule has 0 spiro atoms. The van der Waals surface area contributed by atoms with Gasteiger partial charge in [-0.25, -0.2) is 9.59 Å². The summed E-state index contributed by atoms with van der Waals surface area (Å²) < 4.78 is 14.9. The van der Waals surface area contributed by atoms with Gasteiger partial charge in [0, 0.05) is 19.9 Å². The van der Waals surface area contributed by atoms with Gasteiger partial charge in [-0.2, -0.15) is 0 Å². The molecule has 1 aromatic carbocycles. The van der Waals surface area contributed by atoms with Crippen LogP contribution in [0.3, 0.4) is 0 Å². The number of carbonyl (C=O) groups is 2. The molecule has 116 valence electrons. The Balaban J connectivity index is 2.44. The highest BCUT2D eigenvalue weighted by molar-refractivity contribution is 6.18. The van der Waals surface area contributed by atoms with Gasteiger partial charge in [0.2, 0.25) is 0 Å². The van der Waals surface area contributed by atoms with Gasteiger partial charge >= 0.3 is 11.9 Å². The first-order chi connectivity index (χ1) is 10.2. The molecular weight excluding hydrogens is 294 g/mol. The lowest BCUT2D eigenvalue weighted by Gasteiger charge is -2.29. The Morgan fingerprint density at radius 1 is 1.18 bits per heavy atom. The summed E-state index contributed by atoms with van der Waals surface area (Å²) in [6.07, 6.45) is 1.16. The zero-order chi connectivity index (χ0) is 16.5. The van der Waals surface area contributed by atoms with Crippen LogP contribution in [0.15, 0.2) is 23.8 Å². The lowest BCUT2D eigenvalue weighted by molar-refractivity contribution is -0.384. The van der Waals surface area contributed by atoms with Crippen LogP contribution >= 0.6 is 0 Å². The predicted octanol–water partition coefficient (Wildman–Crippen LogP) is 1.82. The van der Waals surface area contributed by atoms with E-state index in [-0.39, 0.29) is 22.6 Å². The second-order valence-electron chi connectivity index (χ2n) is 4.96. The normalized spacial score (nSPS) is 16.6. The van der Waals surface area contributed by atoms with E-state index in [0.717, 1.165) is 6.08 Å². The fourth-order valence-electron chi connectivity index (χ4n) is 1.86. The maximum atomic E-state index is 11.8. The molecule has 0 amide bonds. The van der Waals surface area contributed by atoms with E-state index in [1.807, 2.05) is 0 Å². The van der Waals surface area contributed by atoms with Gasteiger partial charge < -0.3 is 14.2 Å². The van der Waals surface area contributed by atoms with Gasteiger partial charge in [-0.15, -0.1) is 0 Å². The average molecular weight is 307 g/mol. The van der Waals surface area contributed by atoms with E-state index >= 15 is 0 Å². The second kappa shape index (κ2) is 5.47. The smallest absolute Gasteiger partial charge is 0.348 e. The lowest BCUT2D eigenvalue weighted by Crippen LogP contribution is -2.41. The van der Waals surface area contributed by atoms with Crippen molar-refractivity contribution in [3.05, 3.63) is 39.4 Å². The number of hydrogen-bond acceptors (Lipinski definition) is 7. The van der Waals surface area contributed by atoms with Gasteiger partial charge in [0.05, 0.1) is 18.1 Å². The molecule has 1 aromatic rings. The molecule has 1 fully saturated rings. The minimum atomic E-state index is -1.34. The largest absolute Gasteiger partial charge is 0.496 e. The molecule has 0 N–H and O–H groups in total. The number of methoxy groups -OCH3 is 1. The Bertz CT molecular complexity index is 668. The summed E-state index contributed by atoms with van der Waals surface area (Å²) >= 11 is 0. The number of carbonyl (C=O) groups excluding carboxylic acids is 2.